The van der Waals surface area contributed by atoms with E-state index in [1.807, 2.05) is 20.8 Å². The molecule has 0 fully saturated rings. The predicted molar refractivity (Wildman–Crippen MR) is 105 cm³/mol. The van der Waals surface area contributed by atoms with Gasteiger partial charge in [0.2, 0.25) is 0 Å². The van der Waals surface area contributed by atoms with Crippen molar-refractivity contribution < 1.29 is 23.8 Å². The lowest BCUT2D eigenvalue weighted by Crippen LogP contribution is -2.38. The van der Waals surface area contributed by atoms with Crippen LogP contribution in [-0.4, -0.2) is 35.9 Å². The van der Waals surface area contributed by atoms with Crippen LogP contribution in [0.15, 0.2) is 15.3 Å². The predicted octanol–water partition coefficient (Wildman–Crippen LogP) is 2.39. The molecule has 1 aliphatic heterocycles. The van der Waals surface area contributed by atoms with Crippen LogP contribution >= 0.6 is 0 Å². The summed E-state index contributed by atoms with van der Waals surface area (Å²) in [6.45, 7) is 8.87. The summed E-state index contributed by atoms with van der Waals surface area (Å²) in [7, 11) is 0. The number of rotatable bonds is 5. The standard InChI is InChI=1S/C21H27NO6/c1-11(9-23)22-17(24)10-26-16-8-15-14(6-7-21(4,5)28-15)19-18(16)12(2)13(3)20(25)27-19/h8,11,23H,6-7,9-10H2,1-5H3,(H,22,24)/t11-/m1/s1. The van der Waals surface area contributed by atoms with Crippen LogP contribution in [0.25, 0.3) is 11.0 Å². The fraction of sp³-hybridized carbons (Fsp3) is 0.524. The molecule has 0 aliphatic carbocycles. The molecule has 1 atom stereocenters. The average Bonchev–Trinajstić information content (AvgIpc) is 2.62. The zero-order valence-electron chi connectivity index (χ0n) is 17.0. The first-order valence-corrected chi connectivity index (χ1v) is 9.45. The summed E-state index contributed by atoms with van der Waals surface area (Å²) >= 11 is 0. The first kappa shape index (κ1) is 20.2. The second-order valence-electron chi connectivity index (χ2n) is 8.00. The molecular weight excluding hydrogens is 362 g/mol. The Bertz CT molecular complexity index is 975. The Kier molecular flexibility index (Phi) is 5.39. The van der Waals surface area contributed by atoms with Gasteiger partial charge in [0.15, 0.2) is 6.61 Å². The maximum absolute atomic E-state index is 12.3. The van der Waals surface area contributed by atoms with Gasteiger partial charge in [-0.1, -0.05) is 0 Å². The Hall–Kier alpha value is -2.54. The minimum Gasteiger partial charge on any atom is -0.487 e. The molecule has 1 aromatic carbocycles. The molecule has 2 heterocycles. The van der Waals surface area contributed by atoms with E-state index < -0.39 is 0 Å². The van der Waals surface area contributed by atoms with E-state index in [4.69, 9.17) is 19.0 Å². The molecule has 7 heteroatoms. The van der Waals surface area contributed by atoms with Crippen LogP contribution in [-0.2, 0) is 11.2 Å². The lowest BCUT2D eigenvalue weighted by atomic mass is 9.92. The summed E-state index contributed by atoms with van der Waals surface area (Å²) in [6, 6.07) is 1.41. The summed E-state index contributed by atoms with van der Waals surface area (Å²) in [4.78, 5) is 24.3. The number of aliphatic hydroxyl groups is 1. The van der Waals surface area contributed by atoms with Crippen LogP contribution in [0.3, 0.4) is 0 Å². The van der Waals surface area contributed by atoms with Gasteiger partial charge in [-0.25, -0.2) is 4.79 Å². The quantitative estimate of drug-likeness (QED) is 0.762. The number of carbonyl (C=O) groups is 1. The highest BCUT2D eigenvalue weighted by Crippen LogP contribution is 2.43. The van der Waals surface area contributed by atoms with Crippen LogP contribution < -0.4 is 20.4 Å². The fourth-order valence-corrected chi connectivity index (χ4v) is 3.35. The lowest BCUT2D eigenvalue weighted by Gasteiger charge is -2.33. The minimum atomic E-state index is -0.385. The minimum absolute atomic E-state index is 0.153. The van der Waals surface area contributed by atoms with Gasteiger partial charge in [0.25, 0.3) is 5.91 Å². The number of nitrogens with one attached hydrogen (secondary N) is 1. The van der Waals surface area contributed by atoms with Crippen molar-refractivity contribution in [2.45, 2.75) is 59.1 Å². The van der Waals surface area contributed by atoms with Crippen molar-refractivity contribution >= 4 is 16.9 Å². The molecule has 1 aromatic heterocycles. The van der Waals surface area contributed by atoms with E-state index in [1.165, 1.54) is 0 Å². The van der Waals surface area contributed by atoms with Gasteiger partial charge in [-0.2, -0.15) is 0 Å². The number of aliphatic hydroxyl groups excluding tert-OH is 1. The summed E-state index contributed by atoms with van der Waals surface area (Å²) in [5.74, 6) is 0.692. The number of amides is 1. The zero-order chi connectivity index (χ0) is 20.6. The van der Waals surface area contributed by atoms with Crippen molar-refractivity contribution in [3.8, 4) is 11.5 Å². The maximum Gasteiger partial charge on any atom is 0.339 e. The molecule has 7 nitrogen and oxygen atoms in total. The van der Waals surface area contributed by atoms with Crippen molar-refractivity contribution in [3.05, 3.63) is 33.2 Å². The van der Waals surface area contributed by atoms with Gasteiger partial charge in [-0.05, 0) is 53.0 Å². The average molecular weight is 389 g/mol. The van der Waals surface area contributed by atoms with Crippen LogP contribution in [0.4, 0.5) is 0 Å². The Balaban J connectivity index is 2.07. The molecule has 3 rings (SSSR count). The van der Waals surface area contributed by atoms with Crippen molar-refractivity contribution in [2.75, 3.05) is 13.2 Å². The van der Waals surface area contributed by atoms with Crippen molar-refractivity contribution in [2.24, 2.45) is 0 Å². The number of aryl methyl sites for hydroxylation is 2. The molecule has 0 saturated heterocycles. The smallest absolute Gasteiger partial charge is 0.339 e. The van der Waals surface area contributed by atoms with Gasteiger partial charge in [0.05, 0.1) is 12.0 Å². The molecule has 0 bridgehead atoms. The molecule has 0 radical (unpaired) electrons. The topological polar surface area (TPSA) is 98.0 Å². The highest BCUT2D eigenvalue weighted by Gasteiger charge is 2.31. The third-order valence-corrected chi connectivity index (χ3v) is 5.15. The Morgan fingerprint density at radius 1 is 1.36 bits per heavy atom. The van der Waals surface area contributed by atoms with Crippen LogP contribution in [0.1, 0.15) is 43.9 Å². The molecule has 1 amide bonds. The van der Waals surface area contributed by atoms with Gasteiger partial charge >= 0.3 is 5.63 Å². The summed E-state index contributed by atoms with van der Waals surface area (Å²) in [6.07, 6.45) is 1.52. The van der Waals surface area contributed by atoms with Crippen molar-refractivity contribution in [3.63, 3.8) is 0 Å². The SMILES string of the molecule is Cc1c(C)c2c(OCC(=O)N[C@H](C)CO)cc3c(c2oc1=O)CCC(C)(C)O3. The second kappa shape index (κ2) is 7.47. The molecule has 1 aliphatic rings. The van der Waals surface area contributed by atoms with Crippen LogP contribution in [0.2, 0.25) is 0 Å². The van der Waals surface area contributed by atoms with E-state index >= 15 is 0 Å². The third-order valence-electron chi connectivity index (χ3n) is 5.15. The van der Waals surface area contributed by atoms with Crippen molar-refractivity contribution in [1.29, 1.82) is 0 Å². The van der Waals surface area contributed by atoms with E-state index in [0.29, 0.717) is 28.0 Å². The summed E-state index contributed by atoms with van der Waals surface area (Å²) in [5.41, 5.74) is 1.85. The lowest BCUT2D eigenvalue weighted by molar-refractivity contribution is -0.123. The fourth-order valence-electron chi connectivity index (χ4n) is 3.35. The monoisotopic (exact) mass is 389 g/mol. The van der Waals surface area contributed by atoms with Gasteiger partial charge in [0, 0.05) is 23.2 Å². The zero-order valence-corrected chi connectivity index (χ0v) is 17.0. The van der Waals surface area contributed by atoms with E-state index in [0.717, 1.165) is 24.0 Å². The molecular formula is C21H27NO6. The number of benzene rings is 1. The highest BCUT2D eigenvalue weighted by atomic mass is 16.5. The Morgan fingerprint density at radius 2 is 2.07 bits per heavy atom. The molecule has 2 aromatic rings. The molecule has 28 heavy (non-hydrogen) atoms. The first-order valence-electron chi connectivity index (χ1n) is 9.45. The number of ether oxygens (including phenoxy) is 2. The summed E-state index contributed by atoms with van der Waals surface area (Å²) in [5, 5.41) is 12.4. The van der Waals surface area contributed by atoms with Gasteiger partial charge in [-0.3, -0.25) is 4.79 Å². The van der Waals surface area contributed by atoms with E-state index in [9.17, 15) is 9.59 Å². The van der Waals surface area contributed by atoms with Gasteiger partial charge in [-0.15, -0.1) is 0 Å². The summed E-state index contributed by atoms with van der Waals surface area (Å²) < 4.78 is 17.5. The Labute approximate surface area is 163 Å². The Morgan fingerprint density at radius 3 is 2.75 bits per heavy atom. The maximum atomic E-state index is 12.3. The van der Waals surface area contributed by atoms with E-state index in [-0.39, 0.29) is 36.4 Å². The van der Waals surface area contributed by atoms with E-state index in [1.54, 1.807) is 19.9 Å². The largest absolute Gasteiger partial charge is 0.487 e. The molecule has 152 valence electrons. The van der Waals surface area contributed by atoms with Crippen molar-refractivity contribution in [1.82, 2.24) is 5.32 Å². The number of fused-ring (bicyclic) bond motifs is 3. The third kappa shape index (κ3) is 3.85. The van der Waals surface area contributed by atoms with Gasteiger partial charge < -0.3 is 24.3 Å². The van der Waals surface area contributed by atoms with Crippen LogP contribution in [0, 0.1) is 13.8 Å². The number of carbonyl (C=O) groups excluding carboxylic acids is 1. The second-order valence-corrected chi connectivity index (χ2v) is 8.00. The number of hydrogen-bond acceptors (Lipinski definition) is 6. The van der Waals surface area contributed by atoms with Crippen LogP contribution in [0.5, 0.6) is 11.5 Å². The highest BCUT2D eigenvalue weighted by molar-refractivity contribution is 5.92. The van der Waals surface area contributed by atoms with Gasteiger partial charge in [0.1, 0.15) is 22.7 Å². The molecule has 0 unspecified atom stereocenters. The molecule has 2 N–H and O–H groups in total. The molecule has 0 saturated carbocycles. The first-order chi connectivity index (χ1) is 13.1. The molecule has 0 spiro atoms. The number of hydrogen-bond donors (Lipinski definition) is 2. The normalized spacial score (nSPS) is 16.2. The van der Waals surface area contributed by atoms with E-state index in [2.05, 4.69) is 5.32 Å².